The first-order chi connectivity index (χ1) is 7.25. The molecule has 0 aromatic carbocycles. The Kier molecular flexibility index (Phi) is 1.68. The predicted molar refractivity (Wildman–Crippen MR) is 59.4 cm³/mol. The van der Waals surface area contributed by atoms with E-state index in [1.807, 2.05) is 0 Å². The molecular weight excluding hydrogens is 184 g/mol. The summed E-state index contributed by atoms with van der Waals surface area (Å²) < 4.78 is 6.04. The largest absolute Gasteiger partial charge is 0.375 e. The molecule has 7 unspecified atom stereocenters. The van der Waals surface area contributed by atoms with Crippen LogP contribution in [0.3, 0.4) is 0 Å². The van der Waals surface area contributed by atoms with Crippen LogP contribution in [-0.2, 0) is 4.74 Å². The van der Waals surface area contributed by atoms with E-state index in [2.05, 4.69) is 13.8 Å². The summed E-state index contributed by atoms with van der Waals surface area (Å²) in [6.45, 7) is 4.37. The van der Waals surface area contributed by atoms with E-state index >= 15 is 0 Å². The topological polar surface area (TPSA) is 9.23 Å². The molecule has 0 radical (unpaired) electrons. The highest BCUT2D eigenvalue weighted by Crippen LogP contribution is 2.72. The van der Waals surface area contributed by atoms with Crippen molar-refractivity contribution in [3.8, 4) is 0 Å². The Bertz CT molecular complexity index is 285. The third-order valence-electron chi connectivity index (χ3n) is 5.86. The summed E-state index contributed by atoms with van der Waals surface area (Å²) in [7, 11) is 0. The smallest absolute Gasteiger partial charge is 0.0615 e. The minimum Gasteiger partial charge on any atom is -0.375 e. The van der Waals surface area contributed by atoms with Gasteiger partial charge in [-0.2, -0.15) is 0 Å². The highest BCUT2D eigenvalue weighted by molar-refractivity contribution is 5.17. The zero-order valence-electron chi connectivity index (χ0n) is 9.86. The predicted octanol–water partition coefficient (Wildman–Crippen LogP) is 3.09. The Morgan fingerprint density at radius 3 is 2.40 bits per heavy atom. The van der Waals surface area contributed by atoms with Gasteiger partial charge in [0.15, 0.2) is 0 Å². The minimum atomic E-state index is 0.439. The van der Waals surface area contributed by atoms with E-state index in [1.54, 1.807) is 19.3 Å². The van der Waals surface area contributed by atoms with Crippen molar-refractivity contribution in [2.75, 3.05) is 0 Å². The van der Waals surface area contributed by atoms with Crippen LogP contribution in [0, 0.1) is 35.5 Å². The number of rotatable bonds is 2. The molecule has 4 aliphatic carbocycles. The van der Waals surface area contributed by atoms with Crippen LogP contribution in [0.5, 0.6) is 0 Å². The van der Waals surface area contributed by atoms with Gasteiger partial charge in [-0.3, -0.25) is 0 Å². The molecule has 84 valence electrons. The summed E-state index contributed by atoms with van der Waals surface area (Å²) in [5.74, 6) is 6.59. The Morgan fingerprint density at radius 1 is 0.933 bits per heavy atom. The molecule has 2 bridgehead atoms. The average molecular weight is 206 g/mol. The van der Waals surface area contributed by atoms with E-state index < -0.39 is 0 Å². The third-order valence-corrected chi connectivity index (χ3v) is 5.86. The van der Waals surface area contributed by atoms with Crippen LogP contribution in [0.25, 0.3) is 0 Å². The van der Waals surface area contributed by atoms with Gasteiger partial charge in [-0.05, 0) is 75.0 Å². The lowest BCUT2D eigenvalue weighted by atomic mass is 9.42. The first kappa shape index (κ1) is 9.04. The molecule has 0 spiro atoms. The lowest BCUT2D eigenvalue weighted by Crippen LogP contribution is -2.64. The Hall–Kier alpha value is -0.0400. The van der Waals surface area contributed by atoms with Crippen LogP contribution < -0.4 is 0 Å². The molecule has 4 rings (SSSR count). The van der Waals surface area contributed by atoms with Crippen LogP contribution in [0.2, 0.25) is 0 Å². The van der Waals surface area contributed by atoms with Crippen molar-refractivity contribution in [2.24, 2.45) is 35.5 Å². The molecule has 7 atom stereocenters. The summed E-state index contributed by atoms with van der Waals surface area (Å²) >= 11 is 0. The molecule has 0 aromatic rings. The van der Waals surface area contributed by atoms with Crippen molar-refractivity contribution >= 4 is 0 Å². The quantitative estimate of drug-likeness (QED) is 0.674. The zero-order valence-corrected chi connectivity index (χ0v) is 9.86. The van der Waals surface area contributed by atoms with Gasteiger partial charge in [0.25, 0.3) is 0 Å². The second-order valence-corrected chi connectivity index (χ2v) is 6.69. The van der Waals surface area contributed by atoms with Gasteiger partial charge in [-0.15, -0.1) is 0 Å². The second-order valence-electron chi connectivity index (χ2n) is 6.69. The standard InChI is InChI=1S/C14H22O/c1-7(2)15-11-6-10-12-8-3-4-9(5-8)13(12)14(10)11/h7-14H,3-6H2,1-2H3. The fraction of sp³-hybridized carbons (Fsp3) is 1.00. The monoisotopic (exact) mass is 206 g/mol. The van der Waals surface area contributed by atoms with Crippen molar-refractivity contribution in [3.05, 3.63) is 0 Å². The van der Waals surface area contributed by atoms with Gasteiger partial charge in [0.05, 0.1) is 12.2 Å². The van der Waals surface area contributed by atoms with Gasteiger partial charge >= 0.3 is 0 Å². The van der Waals surface area contributed by atoms with Gasteiger partial charge in [-0.25, -0.2) is 0 Å². The lowest BCUT2D eigenvalue weighted by Gasteiger charge is -2.65. The van der Waals surface area contributed by atoms with E-state index in [-0.39, 0.29) is 0 Å². The minimum absolute atomic E-state index is 0.439. The summed E-state index contributed by atoms with van der Waals surface area (Å²) in [6.07, 6.45) is 7.17. The molecule has 1 heteroatoms. The molecule has 1 nitrogen and oxygen atoms in total. The van der Waals surface area contributed by atoms with E-state index in [0.29, 0.717) is 12.2 Å². The summed E-state index contributed by atoms with van der Waals surface area (Å²) in [5.41, 5.74) is 0. The van der Waals surface area contributed by atoms with Gasteiger partial charge in [0.1, 0.15) is 0 Å². The number of hydrogen-bond donors (Lipinski definition) is 0. The fourth-order valence-corrected chi connectivity index (χ4v) is 5.55. The van der Waals surface area contributed by atoms with Crippen LogP contribution in [0.1, 0.15) is 39.5 Å². The summed E-state index contributed by atoms with van der Waals surface area (Å²) in [5, 5.41) is 0. The molecule has 0 saturated heterocycles. The lowest BCUT2D eigenvalue weighted by molar-refractivity contribution is -0.233. The van der Waals surface area contributed by atoms with Gasteiger partial charge in [-0.1, -0.05) is 0 Å². The summed E-state index contributed by atoms with van der Waals surface area (Å²) in [6, 6.07) is 0. The van der Waals surface area contributed by atoms with Gasteiger partial charge in [0.2, 0.25) is 0 Å². The van der Waals surface area contributed by atoms with Crippen molar-refractivity contribution in [1.82, 2.24) is 0 Å². The molecule has 4 saturated carbocycles. The number of ether oxygens (including phenoxy) is 1. The van der Waals surface area contributed by atoms with E-state index in [1.165, 1.54) is 6.42 Å². The highest BCUT2D eigenvalue weighted by Gasteiger charge is 2.69. The number of fused-ring (bicyclic) bond motifs is 8. The summed E-state index contributed by atoms with van der Waals surface area (Å²) in [4.78, 5) is 0. The van der Waals surface area contributed by atoms with E-state index in [0.717, 1.165) is 35.5 Å². The highest BCUT2D eigenvalue weighted by atomic mass is 16.5. The second kappa shape index (κ2) is 2.80. The fourth-order valence-electron chi connectivity index (χ4n) is 5.55. The Balaban J connectivity index is 1.49. The molecule has 4 aliphatic rings. The Morgan fingerprint density at radius 2 is 1.67 bits per heavy atom. The van der Waals surface area contributed by atoms with Gasteiger partial charge in [0, 0.05) is 0 Å². The Labute approximate surface area is 92.6 Å². The molecule has 0 aromatic heterocycles. The number of hydrogen-bond acceptors (Lipinski definition) is 1. The van der Waals surface area contributed by atoms with Crippen LogP contribution in [0.4, 0.5) is 0 Å². The van der Waals surface area contributed by atoms with Crippen molar-refractivity contribution in [3.63, 3.8) is 0 Å². The molecule has 0 amide bonds. The molecular formula is C14H22O. The maximum Gasteiger partial charge on any atom is 0.0615 e. The SMILES string of the molecule is CC(C)OC1CC2C3C4CCC(C4)C3C12. The van der Waals surface area contributed by atoms with Crippen LogP contribution in [0.15, 0.2) is 0 Å². The van der Waals surface area contributed by atoms with Crippen molar-refractivity contribution in [1.29, 1.82) is 0 Å². The van der Waals surface area contributed by atoms with E-state index in [4.69, 9.17) is 4.74 Å². The third kappa shape index (κ3) is 0.988. The molecule has 0 aliphatic heterocycles. The molecule has 4 fully saturated rings. The van der Waals surface area contributed by atoms with E-state index in [9.17, 15) is 0 Å². The first-order valence-electron chi connectivity index (χ1n) is 6.91. The van der Waals surface area contributed by atoms with Crippen molar-refractivity contribution in [2.45, 2.75) is 51.7 Å². The molecule has 15 heavy (non-hydrogen) atoms. The zero-order chi connectivity index (χ0) is 10.2. The molecule has 0 N–H and O–H groups in total. The van der Waals surface area contributed by atoms with Crippen LogP contribution in [-0.4, -0.2) is 12.2 Å². The maximum absolute atomic E-state index is 6.04. The average Bonchev–Trinajstić information content (AvgIpc) is 2.68. The van der Waals surface area contributed by atoms with Gasteiger partial charge < -0.3 is 4.74 Å². The maximum atomic E-state index is 6.04. The van der Waals surface area contributed by atoms with Crippen LogP contribution >= 0.6 is 0 Å². The first-order valence-corrected chi connectivity index (χ1v) is 6.91. The normalized spacial score (nSPS) is 59.8. The molecule has 0 heterocycles. The van der Waals surface area contributed by atoms with Crippen molar-refractivity contribution < 1.29 is 4.74 Å².